The number of amides is 1. The van der Waals surface area contributed by atoms with Crippen LogP contribution in [0.25, 0.3) is 0 Å². The molecule has 17 heavy (non-hydrogen) atoms. The Labute approximate surface area is 98.3 Å². The second-order valence-corrected chi connectivity index (χ2v) is 3.51. The highest BCUT2D eigenvalue weighted by Gasteiger charge is 2.07. The number of nitrogens with zero attached hydrogens (tertiary/aromatic N) is 1. The summed E-state index contributed by atoms with van der Waals surface area (Å²) < 4.78 is 12.8. The van der Waals surface area contributed by atoms with Gasteiger partial charge in [-0.3, -0.25) is 4.79 Å². The molecule has 0 fully saturated rings. The van der Waals surface area contributed by atoms with Crippen molar-refractivity contribution in [2.24, 2.45) is 0 Å². The van der Waals surface area contributed by atoms with Gasteiger partial charge in [0.25, 0.3) is 5.91 Å². The predicted octanol–water partition coefficient (Wildman–Crippen LogP) is 2.15. The highest BCUT2D eigenvalue weighted by atomic mass is 19.1. The van der Waals surface area contributed by atoms with Crippen molar-refractivity contribution in [3.8, 4) is 0 Å². The molecule has 0 saturated carbocycles. The fraction of sp³-hybridized carbons (Fsp3) is 0.0769. The van der Waals surface area contributed by atoms with E-state index in [1.165, 1.54) is 18.2 Å². The SMILES string of the molecule is O=C(NCc1ccccc1)c1cccc(F)n1. The zero-order valence-corrected chi connectivity index (χ0v) is 9.06. The van der Waals surface area contributed by atoms with E-state index in [1.807, 2.05) is 30.3 Å². The summed E-state index contributed by atoms with van der Waals surface area (Å²) in [6, 6.07) is 13.6. The van der Waals surface area contributed by atoms with Crippen LogP contribution in [0.2, 0.25) is 0 Å². The molecule has 1 N–H and O–H groups in total. The molecule has 0 bridgehead atoms. The Balaban J connectivity index is 1.98. The molecule has 0 unspecified atom stereocenters. The summed E-state index contributed by atoms with van der Waals surface area (Å²) in [5, 5.41) is 2.67. The van der Waals surface area contributed by atoms with E-state index in [4.69, 9.17) is 0 Å². The molecular formula is C13H11FN2O. The van der Waals surface area contributed by atoms with Gasteiger partial charge < -0.3 is 5.32 Å². The Kier molecular flexibility index (Phi) is 3.45. The van der Waals surface area contributed by atoms with Gasteiger partial charge in [0.2, 0.25) is 5.95 Å². The lowest BCUT2D eigenvalue weighted by Gasteiger charge is -2.04. The maximum atomic E-state index is 12.8. The Bertz CT molecular complexity index is 514. The number of halogens is 1. The largest absolute Gasteiger partial charge is 0.347 e. The van der Waals surface area contributed by atoms with Gasteiger partial charge in [-0.15, -0.1) is 0 Å². The van der Waals surface area contributed by atoms with Crippen molar-refractivity contribution < 1.29 is 9.18 Å². The first-order valence-electron chi connectivity index (χ1n) is 5.20. The van der Waals surface area contributed by atoms with Crippen LogP contribution in [0.5, 0.6) is 0 Å². The van der Waals surface area contributed by atoms with Crippen molar-refractivity contribution in [1.82, 2.24) is 10.3 Å². The quantitative estimate of drug-likeness (QED) is 0.821. The number of aromatic nitrogens is 1. The van der Waals surface area contributed by atoms with Gasteiger partial charge in [0, 0.05) is 6.54 Å². The molecule has 1 heterocycles. The summed E-state index contributed by atoms with van der Waals surface area (Å²) in [6.07, 6.45) is 0. The average molecular weight is 230 g/mol. The number of hydrogen-bond donors (Lipinski definition) is 1. The van der Waals surface area contributed by atoms with E-state index in [1.54, 1.807) is 0 Å². The average Bonchev–Trinajstić information content (AvgIpc) is 2.37. The van der Waals surface area contributed by atoms with E-state index < -0.39 is 5.95 Å². The number of carbonyl (C=O) groups is 1. The minimum atomic E-state index is -0.655. The van der Waals surface area contributed by atoms with Crippen molar-refractivity contribution in [3.05, 3.63) is 65.7 Å². The second-order valence-electron chi connectivity index (χ2n) is 3.51. The standard InChI is InChI=1S/C13H11FN2O/c14-12-8-4-7-11(16-12)13(17)15-9-10-5-2-1-3-6-10/h1-8H,9H2,(H,15,17). The summed E-state index contributed by atoms with van der Waals surface area (Å²) in [6.45, 7) is 0.401. The minimum absolute atomic E-state index is 0.0842. The fourth-order valence-corrected chi connectivity index (χ4v) is 1.40. The third-order valence-electron chi connectivity index (χ3n) is 2.24. The summed E-state index contributed by atoms with van der Waals surface area (Å²) in [5.74, 6) is -1.04. The van der Waals surface area contributed by atoms with Gasteiger partial charge in [0.05, 0.1) is 0 Å². The summed E-state index contributed by atoms with van der Waals surface area (Å²) in [4.78, 5) is 15.1. The molecule has 1 aromatic heterocycles. The van der Waals surface area contributed by atoms with E-state index in [2.05, 4.69) is 10.3 Å². The lowest BCUT2D eigenvalue weighted by atomic mass is 10.2. The maximum Gasteiger partial charge on any atom is 0.270 e. The normalized spacial score (nSPS) is 9.94. The molecule has 0 aliphatic carbocycles. The molecule has 86 valence electrons. The van der Waals surface area contributed by atoms with Crippen LogP contribution in [0.1, 0.15) is 16.1 Å². The van der Waals surface area contributed by atoms with E-state index in [0.29, 0.717) is 6.54 Å². The molecule has 3 nitrogen and oxygen atoms in total. The first kappa shape index (κ1) is 11.3. The van der Waals surface area contributed by atoms with Crippen LogP contribution < -0.4 is 5.32 Å². The lowest BCUT2D eigenvalue weighted by molar-refractivity contribution is 0.0944. The van der Waals surface area contributed by atoms with Crippen LogP contribution >= 0.6 is 0 Å². The first-order valence-corrected chi connectivity index (χ1v) is 5.20. The molecule has 0 atom stereocenters. The van der Waals surface area contributed by atoms with Crippen molar-refractivity contribution >= 4 is 5.91 Å². The zero-order chi connectivity index (χ0) is 12.1. The minimum Gasteiger partial charge on any atom is -0.347 e. The predicted molar refractivity (Wildman–Crippen MR) is 61.8 cm³/mol. The monoisotopic (exact) mass is 230 g/mol. The van der Waals surface area contributed by atoms with E-state index in [9.17, 15) is 9.18 Å². The zero-order valence-electron chi connectivity index (χ0n) is 9.06. The van der Waals surface area contributed by atoms with Gasteiger partial charge in [-0.2, -0.15) is 4.39 Å². The highest BCUT2D eigenvalue weighted by Crippen LogP contribution is 2.00. The molecule has 4 heteroatoms. The molecule has 0 aliphatic rings. The summed E-state index contributed by atoms with van der Waals surface area (Å²) >= 11 is 0. The van der Waals surface area contributed by atoms with Crippen LogP contribution in [-0.4, -0.2) is 10.9 Å². The van der Waals surface area contributed by atoms with Gasteiger partial charge >= 0.3 is 0 Å². The van der Waals surface area contributed by atoms with Gasteiger partial charge in [0.15, 0.2) is 0 Å². The number of carbonyl (C=O) groups excluding carboxylic acids is 1. The molecular weight excluding hydrogens is 219 g/mol. The van der Waals surface area contributed by atoms with Crippen molar-refractivity contribution in [2.45, 2.75) is 6.54 Å². The van der Waals surface area contributed by atoms with Gasteiger partial charge in [-0.25, -0.2) is 4.98 Å². The van der Waals surface area contributed by atoms with Crippen LogP contribution in [0, 0.1) is 5.95 Å². The third-order valence-corrected chi connectivity index (χ3v) is 2.24. The van der Waals surface area contributed by atoms with Crippen LogP contribution in [-0.2, 0) is 6.54 Å². The number of rotatable bonds is 3. The molecule has 1 amide bonds. The number of hydrogen-bond acceptors (Lipinski definition) is 2. The van der Waals surface area contributed by atoms with Gasteiger partial charge in [0.1, 0.15) is 5.69 Å². The Hall–Kier alpha value is -2.23. The molecule has 0 spiro atoms. The fourth-order valence-electron chi connectivity index (χ4n) is 1.40. The molecule has 1 aromatic carbocycles. The summed E-state index contributed by atoms with van der Waals surface area (Å²) in [5.41, 5.74) is 1.07. The third kappa shape index (κ3) is 3.11. The molecule has 2 rings (SSSR count). The number of pyridine rings is 1. The van der Waals surface area contributed by atoms with Crippen molar-refractivity contribution in [1.29, 1.82) is 0 Å². The van der Waals surface area contributed by atoms with Gasteiger partial charge in [-0.1, -0.05) is 36.4 Å². The van der Waals surface area contributed by atoms with E-state index in [-0.39, 0.29) is 11.6 Å². The van der Waals surface area contributed by atoms with Crippen LogP contribution in [0.4, 0.5) is 4.39 Å². The number of nitrogens with one attached hydrogen (secondary N) is 1. The molecule has 0 radical (unpaired) electrons. The number of benzene rings is 1. The maximum absolute atomic E-state index is 12.8. The van der Waals surface area contributed by atoms with E-state index in [0.717, 1.165) is 5.56 Å². The van der Waals surface area contributed by atoms with Crippen molar-refractivity contribution in [3.63, 3.8) is 0 Å². The Morgan fingerprint density at radius 1 is 1.12 bits per heavy atom. The van der Waals surface area contributed by atoms with E-state index >= 15 is 0 Å². The van der Waals surface area contributed by atoms with Crippen LogP contribution in [0.15, 0.2) is 48.5 Å². The lowest BCUT2D eigenvalue weighted by Crippen LogP contribution is -2.23. The highest BCUT2D eigenvalue weighted by molar-refractivity contribution is 5.92. The van der Waals surface area contributed by atoms with Crippen LogP contribution in [0.3, 0.4) is 0 Å². The smallest absolute Gasteiger partial charge is 0.270 e. The summed E-state index contributed by atoms with van der Waals surface area (Å²) in [7, 11) is 0. The van der Waals surface area contributed by atoms with Gasteiger partial charge in [-0.05, 0) is 17.7 Å². The molecule has 0 saturated heterocycles. The molecule has 2 aromatic rings. The van der Waals surface area contributed by atoms with Crippen molar-refractivity contribution in [2.75, 3.05) is 0 Å². The first-order chi connectivity index (χ1) is 8.25. The Morgan fingerprint density at radius 3 is 2.59 bits per heavy atom. The second kappa shape index (κ2) is 5.21. The topological polar surface area (TPSA) is 42.0 Å². The molecule has 0 aliphatic heterocycles. The Morgan fingerprint density at radius 2 is 1.88 bits per heavy atom.